The summed E-state index contributed by atoms with van der Waals surface area (Å²) < 4.78 is 0. The SMILES string of the molecule is Cc1pcsc1-c1ccc(C(C)NC(=O)[C@@H]2C[C@@H](O)CN2C(=O)C(N)C(C)(C)C)cc1. The zero-order valence-corrected chi connectivity index (χ0v) is 20.5. The van der Waals surface area contributed by atoms with E-state index in [1.165, 1.54) is 28.8 Å². The molecule has 0 saturated carbocycles. The Bertz CT molecular complexity index is 938. The Morgan fingerprint density at radius 2 is 1.94 bits per heavy atom. The van der Waals surface area contributed by atoms with Crippen LogP contribution in [0.25, 0.3) is 10.4 Å². The number of aliphatic hydroxyl groups excluding tert-OH is 1. The van der Waals surface area contributed by atoms with E-state index in [1.807, 2.05) is 39.8 Å². The van der Waals surface area contributed by atoms with Gasteiger partial charge in [0.05, 0.1) is 18.2 Å². The lowest BCUT2D eigenvalue weighted by atomic mass is 9.86. The summed E-state index contributed by atoms with van der Waals surface area (Å²) >= 11 is 1.75. The van der Waals surface area contributed by atoms with Crippen LogP contribution in [0.5, 0.6) is 0 Å². The number of nitrogens with one attached hydrogen (secondary N) is 1. The molecule has 8 heteroatoms. The summed E-state index contributed by atoms with van der Waals surface area (Å²) in [6.45, 7) is 9.86. The number of likely N-dealkylation sites (tertiary alicyclic amines) is 1. The molecule has 31 heavy (non-hydrogen) atoms. The van der Waals surface area contributed by atoms with E-state index in [2.05, 4.69) is 29.5 Å². The highest BCUT2D eigenvalue weighted by molar-refractivity contribution is 7.41. The van der Waals surface area contributed by atoms with Crippen molar-refractivity contribution in [1.82, 2.24) is 10.2 Å². The minimum atomic E-state index is -0.735. The van der Waals surface area contributed by atoms with E-state index in [9.17, 15) is 14.7 Å². The average molecular weight is 462 g/mol. The van der Waals surface area contributed by atoms with Gasteiger partial charge in [-0.25, -0.2) is 0 Å². The topological polar surface area (TPSA) is 95.7 Å². The Morgan fingerprint density at radius 3 is 2.48 bits per heavy atom. The van der Waals surface area contributed by atoms with Crippen molar-refractivity contribution in [2.75, 3.05) is 6.54 Å². The van der Waals surface area contributed by atoms with E-state index in [1.54, 1.807) is 11.3 Å². The van der Waals surface area contributed by atoms with Gasteiger partial charge in [-0.2, -0.15) is 0 Å². The van der Waals surface area contributed by atoms with Crippen LogP contribution in [0, 0.1) is 12.3 Å². The summed E-state index contributed by atoms with van der Waals surface area (Å²) in [6.07, 6.45) is -0.501. The predicted molar refractivity (Wildman–Crippen MR) is 127 cm³/mol. The van der Waals surface area contributed by atoms with Crippen molar-refractivity contribution in [3.63, 3.8) is 0 Å². The fraction of sp³-hybridized carbons (Fsp3) is 0.522. The number of carbonyl (C=O) groups excluding carboxylic acids is 2. The van der Waals surface area contributed by atoms with Crippen LogP contribution in [0.4, 0.5) is 0 Å². The van der Waals surface area contributed by atoms with Gasteiger partial charge in [0.25, 0.3) is 0 Å². The third-order valence-corrected chi connectivity index (χ3v) is 8.22. The number of rotatable bonds is 5. The minimum absolute atomic E-state index is 0.131. The Labute approximate surface area is 189 Å². The number of hydrogen-bond acceptors (Lipinski definition) is 5. The summed E-state index contributed by atoms with van der Waals surface area (Å²) in [7, 11) is 1.25. The van der Waals surface area contributed by atoms with Gasteiger partial charge in [0.1, 0.15) is 6.04 Å². The van der Waals surface area contributed by atoms with Crippen molar-refractivity contribution in [3.8, 4) is 10.4 Å². The monoisotopic (exact) mass is 461 g/mol. The van der Waals surface area contributed by atoms with Crippen molar-refractivity contribution in [1.29, 1.82) is 0 Å². The number of carbonyl (C=O) groups is 2. The maximum atomic E-state index is 13.0. The molecule has 4 atom stereocenters. The fourth-order valence-corrected chi connectivity index (χ4v) is 6.02. The number of aryl methyl sites for hydroxylation is 1. The molecule has 168 valence electrons. The first-order valence-electron chi connectivity index (χ1n) is 10.5. The number of amides is 2. The molecule has 0 bridgehead atoms. The van der Waals surface area contributed by atoms with E-state index >= 15 is 0 Å². The lowest BCUT2D eigenvalue weighted by molar-refractivity contribution is -0.141. The molecule has 2 amide bonds. The second kappa shape index (κ2) is 9.37. The summed E-state index contributed by atoms with van der Waals surface area (Å²) in [4.78, 5) is 28.6. The Hall–Kier alpha value is -1.79. The molecule has 1 aromatic carbocycles. The molecule has 2 unspecified atom stereocenters. The molecular weight excluding hydrogens is 429 g/mol. The summed E-state index contributed by atoms with van der Waals surface area (Å²) in [5.74, 6) is -0.559. The molecule has 3 rings (SSSR count). The van der Waals surface area contributed by atoms with E-state index in [0.717, 1.165) is 5.56 Å². The first-order valence-corrected chi connectivity index (χ1v) is 12.4. The molecule has 4 N–H and O–H groups in total. The largest absolute Gasteiger partial charge is 0.391 e. The number of nitrogens with zero attached hydrogens (tertiary/aromatic N) is 1. The molecular formula is C23H32N3O3PS. The minimum Gasteiger partial charge on any atom is -0.391 e. The van der Waals surface area contributed by atoms with Crippen LogP contribution in [0.2, 0.25) is 0 Å². The van der Waals surface area contributed by atoms with Crippen LogP contribution in [0.15, 0.2) is 29.4 Å². The predicted octanol–water partition coefficient (Wildman–Crippen LogP) is 3.82. The van der Waals surface area contributed by atoms with Gasteiger partial charge in [0.15, 0.2) is 0 Å². The normalized spacial score (nSPS) is 21.3. The van der Waals surface area contributed by atoms with Crippen molar-refractivity contribution in [3.05, 3.63) is 40.2 Å². The zero-order chi connectivity index (χ0) is 22.9. The number of hydrogen-bond donors (Lipinski definition) is 3. The van der Waals surface area contributed by atoms with Crippen LogP contribution >= 0.6 is 19.5 Å². The lowest BCUT2D eigenvalue weighted by Crippen LogP contribution is -2.55. The van der Waals surface area contributed by atoms with Gasteiger partial charge < -0.3 is 21.1 Å². The first kappa shape index (κ1) is 23.9. The Balaban J connectivity index is 1.69. The Morgan fingerprint density at radius 1 is 1.29 bits per heavy atom. The van der Waals surface area contributed by atoms with Gasteiger partial charge >= 0.3 is 0 Å². The summed E-state index contributed by atoms with van der Waals surface area (Å²) in [6, 6.07) is 6.54. The molecule has 2 heterocycles. The quantitative estimate of drug-likeness (QED) is 0.631. The summed E-state index contributed by atoms with van der Waals surface area (Å²) in [5, 5.41) is 16.7. The van der Waals surface area contributed by atoms with Gasteiger partial charge in [-0.1, -0.05) is 53.2 Å². The molecule has 1 aliphatic rings. The third kappa shape index (κ3) is 5.35. The average Bonchev–Trinajstić information content (AvgIpc) is 3.31. The maximum absolute atomic E-state index is 13.0. The molecule has 1 saturated heterocycles. The van der Waals surface area contributed by atoms with Crippen molar-refractivity contribution < 1.29 is 14.7 Å². The van der Waals surface area contributed by atoms with E-state index < -0.39 is 23.6 Å². The van der Waals surface area contributed by atoms with E-state index in [-0.39, 0.29) is 30.8 Å². The van der Waals surface area contributed by atoms with Gasteiger partial charge in [-0.3, -0.25) is 9.59 Å². The fourth-order valence-electron chi connectivity index (χ4n) is 3.75. The molecule has 0 spiro atoms. The third-order valence-electron chi connectivity index (χ3n) is 5.84. The highest BCUT2D eigenvalue weighted by Gasteiger charge is 2.42. The van der Waals surface area contributed by atoms with Crippen LogP contribution in [-0.4, -0.2) is 46.6 Å². The maximum Gasteiger partial charge on any atom is 0.243 e. The summed E-state index contributed by atoms with van der Waals surface area (Å²) in [5.41, 5.74) is 7.88. The molecule has 0 aliphatic carbocycles. The molecule has 0 radical (unpaired) electrons. The first-order chi connectivity index (χ1) is 14.5. The lowest BCUT2D eigenvalue weighted by Gasteiger charge is -2.32. The van der Waals surface area contributed by atoms with Gasteiger partial charge in [-0.15, -0.1) is 11.3 Å². The standard InChI is InChI=1S/C23H32N3O3PS/c1-13(15-6-8-16(9-7-15)19-14(2)30-12-31-19)25-21(28)18-10-17(27)11-26(18)22(29)20(24)23(3,4)5/h6-9,12-13,17-18,20,27H,10-11,24H2,1-5H3,(H,25,28)/t13?,17-,18+,20?/m1/s1. The van der Waals surface area contributed by atoms with Gasteiger partial charge in [0, 0.05) is 23.0 Å². The molecule has 1 fully saturated rings. The highest BCUT2D eigenvalue weighted by atomic mass is 32.1. The smallest absolute Gasteiger partial charge is 0.243 e. The second-order valence-corrected chi connectivity index (χ2v) is 11.8. The molecule has 6 nitrogen and oxygen atoms in total. The second-order valence-electron chi connectivity index (χ2n) is 9.36. The number of β-amino-alcohol motifs (C(OH)–C–C–N with tert-alkyl or cyclic N) is 1. The van der Waals surface area contributed by atoms with Crippen molar-refractivity contribution in [2.24, 2.45) is 11.1 Å². The van der Waals surface area contributed by atoms with Crippen LogP contribution in [-0.2, 0) is 9.59 Å². The molecule has 2 aromatic rings. The molecule has 1 aliphatic heterocycles. The zero-order valence-electron chi connectivity index (χ0n) is 18.8. The van der Waals surface area contributed by atoms with E-state index in [4.69, 9.17) is 5.73 Å². The van der Waals surface area contributed by atoms with E-state index in [0.29, 0.717) is 0 Å². The van der Waals surface area contributed by atoms with Gasteiger partial charge in [0.2, 0.25) is 11.8 Å². The Kier molecular flexibility index (Phi) is 7.21. The van der Waals surface area contributed by atoms with Crippen molar-refractivity contribution >= 4 is 31.3 Å². The van der Waals surface area contributed by atoms with Crippen LogP contribution < -0.4 is 11.1 Å². The molecule has 1 aromatic heterocycles. The van der Waals surface area contributed by atoms with Crippen LogP contribution in [0.3, 0.4) is 0 Å². The number of nitrogens with two attached hydrogens (primary N) is 1. The number of benzene rings is 1. The van der Waals surface area contributed by atoms with Crippen molar-refractivity contribution in [2.45, 2.75) is 65.3 Å². The van der Waals surface area contributed by atoms with Gasteiger partial charge in [-0.05, 0) is 35.7 Å². The highest BCUT2D eigenvalue weighted by Crippen LogP contribution is 2.35. The number of aliphatic hydroxyl groups is 1. The van der Waals surface area contributed by atoms with Crippen LogP contribution in [0.1, 0.15) is 51.0 Å².